The Morgan fingerprint density at radius 3 is 2.69 bits per heavy atom. The molecule has 1 aromatic rings. The van der Waals surface area contributed by atoms with Crippen LogP contribution in [0.4, 0.5) is 0 Å². The zero-order chi connectivity index (χ0) is 9.84. The number of halogens is 1. The summed E-state index contributed by atoms with van der Waals surface area (Å²) in [5.74, 6) is -0.981. The molecule has 0 unspecified atom stereocenters. The van der Waals surface area contributed by atoms with Gasteiger partial charge in [-0.25, -0.2) is 4.79 Å². The lowest BCUT2D eigenvalue weighted by atomic mass is 10.2. The standard InChI is InChI=1S/C8H7IN2O2/c9-6(3-10)7-2-1-5(4-11-7)8(12)13/h1-4H,10H2,(H,12,13). The van der Waals surface area contributed by atoms with Gasteiger partial charge in [-0.1, -0.05) is 0 Å². The van der Waals surface area contributed by atoms with E-state index in [1.165, 1.54) is 18.5 Å². The Morgan fingerprint density at radius 2 is 2.31 bits per heavy atom. The topological polar surface area (TPSA) is 76.2 Å². The van der Waals surface area contributed by atoms with E-state index in [4.69, 9.17) is 10.8 Å². The van der Waals surface area contributed by atoms with E-state index in [0.717, 1.165) is 3.58 Å². The number of aromatic carboxylic acids is 1. The lowest BCUT2D eigenvalue weighted by molar-refractivity contribution is 0.0696. The molecule has 0 bridgehead atoms. The monoisotopic (exact) mass is 290 g/mol. The molecular weight excluding hydrogens is 283 g/mol. The number of pyridine rings is 1. The minimum atomic E-state index is -0.981. The van der Waals surface area contributed by atoms with Crippen LogP contribution in [-0.4, -0.2) is 16.1 Å². The number of rotatable bonds is 2. The normalized spacial score (nSPS) is 11.3. The second-order valence-corrected chi connectivity index (χ2v) is 3.41. The number of nitrogens with zero attached hydrogens (tertiary/aromatic N) is 1. The van der Waals surface area contributed by atoms with Gasteiger partial charge in [-0.3, -0.25) is 4.98 Å². The van der Waals surface area contributed by atoms with Crippen LogP contribution in [0, 0.1) is 0 Å². The summed E-state index contributed by atoms with van der Waals surface area (Å²) in [7, 11) is 0. The van der Waals surface area contributed by atoms with Gasteiger partial charge in [0.25, 0.3) is 0 Å². The lowest BCUT2D eigenvalue weighted by Gasteiger charge is -1.97. The fraction of sp³-hybridized carbons (Fsp3) is 0. The van der Waals surface area contributed by atoms with E-state index in [1.54, 1.807) is 6.07 Å². The molecule has 0 aromatic carbocycles. The molecule has 0 aliphatic carbocycles. The summed E-state index contributed by atoms with van der Waals surface area (Å²) in [5, 5.41) is 8.59. The second-order valence-electron chi connectivity index (χ2n) is 2.25. The molecule has 3 N–H and O–H groups in total. The summed E-state index contributed by atoms with van der Waals surface area (Å²) in [6.45, 7) is 0. The first-order valence-electron chi connectivity index (χ1n) is 3.42. The Labute approximate surface area is 88.6 Å². The average Bonchev–Trinajstić information content (AvgIpc) is 2.17. The van der Waals surface area contributed by atoms with Crippen molar-refractivity contribution in [2.45, 2.75) is 0 Å². The molecule has 0 fully saturated rings. The van der Waals surface area contributed by atoms with Crippen molar-refractivity contribution < 1.29 is 9.90 Å². The molecule has 68 valence electrons. The minimum absolute atomic E-state index is 0.171. The Morgan fingerprint density at radius 1 is 1.62 bits per heavy atom. The molecule has 5 heteroatoms. The summed E-state index contributed by atoms with van der Waals surface area (Å²) in [4.78, 5) is 14.4. The molecule has 4 nitrogen and oxygen atoms in total. The van der Waals surface area contributed by atoms with Gasteiger partial charge >= 0.3 is 5.97 Å². The van der Waals surface area contributed by atoms with Gasteiger partial charge in [-0.05, 0) is 34.7 Å². The van der Waals surface area contributed by atoms with Gasteiger partial charge < -0.3 is 10.8 Å². The minimum Gasteiger partial charge on any atom is -0.478 e. The molecular formula is C8H7IN2O2. The highest BCUT2D eigenvalue weighted by molar-refractivity contribution is 14.1. The zero-order valence-corrected chi connectivity index (χ0v) is 8.72. The van der Waals surface area contributed by atoms with Crippen LogP contribution in [0.5, 0.6) is 0 Å². The Hall–Kier alpha value is -1.11. The zero-order valence-electron chi connectivity index (χ0n) is 6.57. The molecule has 0 amide bonds. The van der Waals surface area contributed by atoms with Crippen molar-refractivity contribution in [2.75, 3.05) is 0 Å². The summed E-state index contributed by atoms with van der Waals surface area (Å²) in [6.07, 6.45) is 2.73. The molecule has 0 atom stereocenters. The number of carbonyl (C=O) groups is 1. The van der Waals surface area contributed by atoms with Crippen LogP contribution < -0.4 is 5.73 Å². The maximum Gasteiger partial charge on any atom is 0.337 e. The van der Waals surface area contributed by atoms with Gasteiger partial charge in [-0.2, -0.15) is 0 Å². The van der Waals surface area contributed by atoms with E-state index in [-0.39, 0.29) is 5.56 Å². The number of carboxylic acid groups (broad SMARTS) is 1. The summed E-state index contributed by atoms with van der Waals surface area (Å²) in [6, 6.07) is 3.11. The molecule has 0 aliphatic rings. The fourth-order valence-corrected chi connectivity index (χ4v) is 1.07. The third kappa shape index (κ3) is 2.41. The lowest BCUT2D eigenvalue weighted by Crippen LogP contribution is -1.97. The quantitative estimate of drug-likeness (QED) is 0.809. The summed E-state index contributed by atoms with van der Waals surface area (Å²) < 4.78 is 0.787. The van der Waals surface area contributed by atoms with Crippen molar-refractivity contribution in [3.05, 3.63) is 35.8 Å². The van der Waals surface area contributed by atoms with Crippen LogP contribution in [0.2, 0.25) is 0 Å². The highest BCUT2D eigenvalue weighted by atomic mass is 127. The number of nitrogens with two attached hydrogens (primary N) is 1. The molecule has 1 heterocycles. The number of hydrogen-bond acceptors (Lipinski definition) is 3. The first-order chi connectivity index (χ1) is 6.15. The van der Waals surface area contributed by atoms with Crippen molar-refractivity contribution in [1.29, 1.82) is 0 Å². The van der Waals surface area contributed by atoms with Crippen molar-refractivity contribution >= 4 is 32.1 Å². The molecule has 1 rings (SSSR count). The van der Waals surface area contributed by atoms with Crippen LogP contribution in [0.25, 0.3) is 3.58 Å². The summed E-state index contributed by atoms with van der Waals surface area (Å²) in [5.41, 5.74) is 6.12. The molecule has 13 heavy (non-hydrogen) atoms. The van der Waals surface area contributed by atoms with Crippen LogP contribution in [0.1, 0.15) is 16.1 Å². The van der Waals surface area contributed by atoms with Crippen LogP contribution in [-0.2, 0) is 0 Å². The predicted octanol–water partition coefficient (Wildman–Crippen LogP) is 1.47. The van der Waals surface area contributed by atoms with Crippen molar-refractivity contribution in [2.24, 2.45) is 5.73 Å². The largest absolute Gasteiger partial charge is 0.478 e. The molecule has 1 aromatic heterocycles. The third-order valence-corrected chi connectivity index (χ3v) is 2.31. The number of carboxylic acids is 1. The van der Waals surface area contributed by atoms with Crippen LogP contribution >= 0.6 is 22.6 Å². The smallest absolute Gasteiger partial charge is 0.337 e. The van der Waals surface area contributed by atoms with E-state index in [1.807, 2.05) is 22.6 Å². The molecule has 0 radical (unpaired) electrons. The second kappa shape index (κ2) is 4.22. The van der Waals surface area contributed by atoms with Gasteiger partial charge in [0.1, 0.15) is 0 Å². The third-order valence-electron chi connectivity index (χ3n) is 1.40. The van der Waals surface area contributed by atoms with Crippen LogP contribution in [0.3, 0.4) is 0 Å². The number of aromatic nitrogens is 1. The first kappa shape index (κ1) is 9.97. The van der Waals surface area contributed by atoms with E-state index < -0.39 is 5.97 Å². The molecule has 0 aliphatic heterocycles. The van der Waals surface area contributed by atoms with Crippen molar-refractivity contribution in [1.82, 2.24) is 4.98 Å². The first-order valence-corrected chi connectivity index (χ1v) is 4.50. The Kier molecular flexibility index (Phi) is 3.24. The SMILES string of the molecule is NC=C(I)c1ccc(C(=O)O)cn1. The number of hydrogen-bond donors (Lipinski definition) is 2. The maximum absolute atomic E-state index is 10.5. The van der Waals surface area contributed by atoms with Crippen molar-refractivity contribution in [3.8, 4) is 0 Å². The fourth-order valence-electron chi connectivity index (χ4n) is 0.747. The van der Waals surface area contributed by atoms with Gasteiger partial charge in [0.2, 0.25) is 0 Å². The Balaban J connectivity index is 3.00. The van der Waals surface area contributed by atoms with E-state index in [0.29, 0.717) is 5.69 Å². The van der Waals surface area contributed by atoms with E-state index in [2.05, 4.69) is 4.98 Å². The Bertz CT molecular complexity index is 346. The van der Waals surface area contributed by atoms with Gasteiger partial charge in [0.05, 0.1) is 14.8 Å². The van der Waals surface area contributed by atoms with Gasteiger partial charge in [0, 0.05) is 12.4 Å². The summed E-state index contributed by atoms with van der Waals surface area (Å²) >= 11 is 2.03. The maximum atomic E-state index is 10.5. The van der Waals surface area contributed by atoms with Gasteiger partial charge in [-0.15, -0.1) is 0 Å². The molecule has 0 saturated carbocycles. The van der Waals surface area contributed by atoms with Crippen LogP contribution in [0.15, 0.2) is 24.5 Å². The molecule has 0 spiro atoms. The van der Waals surface area contributed by atoms with E-state index >= 15 is 0 Å². The predicted molar refractivity (Wildman–Crippen MR) is 57.4 cm³/mol. The highest BCUT2D eigenvalue weighted by Gasteiger charge is 2.03. The average molecular weight is 290 g/mol. The van der Waals surface area contributed by atoms with E-state index in [9.17, 15) is 4.79 Å². The molecule has 0 saturated heterocycles. The van der Waals surface area contributed by atoms with Crippen molar-refractivity contribution in [3.63, 3.8) is 0 Å². The van der Waals surface area contributed by atoms with Gasteiger partial charge in [0.15, 0.2) is 0 Å². The highest BCUT2D eigenvalue weighted by Crippen LogP contribution is 2.17.